The van der Waals surface area contributed by atoms with Crippen molar-refractivity contribution >= 4 is 39.1 Å². The molecule has 0 fully saturated rings. The summed E-state index contributed by atoms with van der Waals surface area (Å²) >= 11 is 1.73. The van der Waals surface area contributed by atoms with E-state index in [2.05, 4.69) is 40.6 Å². The zero-order chi connectivity index (χ0) is 18.2. The van der Waals surface area contributed by atoms with Gasteiger partial charge in [-0.05, 0) is 54.1 Å². The Morgan fingerprint density at radius 2 is 1.67 bits per heavy atom. The SMILES string of the molecule is COc1ccc(C2=C(c3nc4ccccc4[nH]3)Sc3ccccc3N2)cc1. The first-order chi connectivity index (χ1) is 13.3. The van der Waals surface area contributed by atoms with Crippen LogP contribution in [-0.4, -0.2) is 17.1 Å². The minimum Gasteiger partial charge on any atom is -0.497 e. The number of aromatic amines is 1. The summed E-state index contributed by atoms with van der Waals surface area (Å²) in [7, 11) is 1.68. The van der Waals surface area contributed by atoms with Gasteiger partial charge < -0.3 is 15.0 Å². The van der Waals surface area contributed by atoms with Crippen LogP contribution in [0.5, 0.6) is 5.75 Å². The van der Waals surface area contributed by atoms with Crippen LogP contribution >= 0.6 is 11.8 Å². The third-order valence-electron chi connectivity index (χ3n) is 4.57. The maximum atomic E-state index is 5.30. The highest BCUT2D eigenvalue weighted by Gasteiger charge is 2.23. The van der Waals surface area contributed by atoms with Gasteiger partial charge in [0, 0.05) is 4.90 Å². The van der Waals surface area contributed by atoms with Crippen LogP contribution in [-0.2, 0) is 0 Å². The molecule has 2 heterocycles. The predicted octanol–water partition coefficient (Wildman–Crippen LogP) is 5.62. The van der Waals surface area contributed by atoms with E-state index in [4.69, 9.17) is 9.72 Å². The summed E-state index contributed by atoms with van der Waals surface area (Å²) in [5.41, 5.74) is 5.24. The molecular weight excluding hydrogens is 354 g/mol. The summed E-state index contributed by atoms with van der Waals surface area (Å²) in [5.74, 6) is 1.71. The van der Waals surface area contributed by atoms with Gasteiger partial charge in [0.05, 0.1) is 34.4 Å². The maximum Gasteiger partial charge on any atom is 0.147 e. The van der Waals surface area contributed by atoms with E-state index >= 15 is 0 Å². The zero-order valence-electron chi connectivity index (χ0n) is 14.7. The van der Waals surface area contributed by atoms with Gasteiger partial charge in [0.2, 0.25) is 0 Å². The lowest BCUT2D eigenvalue weighted by Gasteiger charge is -2.23. The van der Waals surface area contributed by atoms with Crippen molar-refractivity contribution in [3.8, 4) is 5.75 Å². The van der Waals surface area contributed by atoms with Crippen molar-refractivity contribution in [3.05, 3.63) is 84.2 Å². The normalized spacial score (nSPS) is 13.4. The molecule has 4 aromatic rings. The van der Waals surface area contributed by atoms with Gasteiger partial charge in [0.25, 0.3) is 0 Å². The molecule has 0 saturated carbocycles. The Kier molecular flexibility index (Phi) is 3.87. The van der Waals surface area contributed by atoms with Crippen LogP contribution in [0.4, 0.5) is 5.69 Å². The fourth-order valence-corrected chi connectivity index (χ4v) is 4.26. The van der Waals surface area contributed by atoms with E-state index in [0.717, 1.165) is 44.5 Å². The first kappa shape index (κ1) is 16.0. The lowest BCUT2D eigenvalue weighted by atomic mass is 10.1. The summed E-state index contributed by atoms with van der Waals surface area (Å²) in [4.78, 5) is 10.5. The molecule has 0 bridgehead atoms. The topological polar surface area (TPSA) is 49.9 Å². The van der Waals surface area contributed by atoms with E-state index in [1.54, 1.807) is 18.9 Å². The number of para-hydroxylation sites is 3. The monoisotopic (exact) mass is 371 g/mol. The number of nitrogens with one attached hydrogen (secondary N) is 2. The molecule has 4 nitrogen and oxygen atoms in total. The molecule has 0 unspecified atom stereocenters. The number of ether oxygens (including phenoxy) is 1. The van der Waals surface area contributed by atoms with Crippen LogP contribution in [0.25, 0.3) is 21.6 Å². The summed E-state index contributed by atoms with van der Waals surface area (Å²) in [5, 5.41) is 3.60. The Balaban J connectivity index is 1.68. The summed E-state index contributed by atoms with van der Waals surface area (Å²) in [6.45, 7) is 0. The number of anilines is 1. The molecule has 0 aliphatic carbocycles. The molecule has 1 aliphatic rings. The van der Waals surface area contributed by atoms with Gasteiger partial charge in [-0.3, -0.25) is 0 Å². The number of aromatic nitrogens is 2. The van der Waals surface area contributed by atoms with Crippen molar-refractivity contribution in [2.45, 2.75) is 4.90 Å². The van der Waals surface area contributed by atoms with E-state index in [0.29, 0.717) is 0 Å². The number of methoxy groups -OCH3 is 1. The minimum atomic E-state index is 0.841. The first-order valence-electron chi connectivity index (χ1n) is 8.69. The molecule has 2 N–H and O–H groups in total. The Hall–Kier alpha value is -3.18. The molecule has 0 spiro atoms. The average molecular weight is 371 g/mol. The van der Waals surface area contributed by atoms with Crippen molar-refractivity contribution in [2.24, 2.45) is 0 Å². The third kappa shape index (κ3) is 2.86. The molecule has 3 aromatic carbocycles. The van der Waals surface area contributed by atoms with Crippen LogP contribution in [0.3, 0.4) is 0 Å². The van der Waals surface area contributed by atoms with Crippen molar-refractivity contribution in [2.75, 3.05) is 12.4 Å². The highest BCUT2D eigenvalue weighted by Crippen LogP contribution is 2.46. The second kappa shape index (κ2) is 6.52. The minimum absolute atomic E-state index is 0.841. The largest absolute Gasteiger partial charge is 0.497 e. The number of rotatable bonds is 3. The van der Waals surface area contributed by atoms with Crippen molar-refractivity contribution in [3.63, 3.8) is 0 Å². The van der Waals surface area contributed by atoms with Gasteiger partial charge in [0.1, 0.15) is 11.6 Å². The number of nitrogens with zero attached hydrogens (tertiary/aromatic N) is 1. The Morgan fingerprint density at radius 3 is 2.48 bits per heavy atom. The number of hydrogen-bond donors (Lipinski definition) is 2. The third-order valence-corrected chi connectivity index (χ3v) is 5.75. The second-order valence-electron chi connectivity index (χ2n) is 6.26. The molecule has 0 atom stereocenters. The molecule has 1 aliphatic heterocycles. The number of thioether (sulfide) groups is 1. The van der Waals surface area contributed by atoms with Crippen LogP contribution in [0.15, 0.2) is 77.7 Å². The zero-order valence-corrected chi connectivity index (χ0v) is 15.5. The Labute approximate surface area is 161 Å². The van der Waals surface area contributed by atoms with Gasteiger partial charge >= 0.3 is 0 Å². The lowest BCUT2D eigenvalue weighted by Crippen LogP contribution is -2.07. The first-order valence-corrected chi connectivity index (χ1v) is 9.51. The van der Waals surface area contributed by atoms with Gasteiger partial charge in [-0.25, -0.2) is 4.98 Å². The molecule has 27 heavy (non-hydrogen) atoms. The Bertz CT molecular complexity index is 1130. The highest BCUT2D eigenvalue weighted by atomic mass is 32.2. The van der Waals surface area contributed by atoms with Gasteiger partial charge in [-0.2, -0.15) is 0 Å². The van der Waals surface area contributed by atoms with Crippen molar-refractivity contribution in [1.29, 1.82) is 0 Å². The molecule has 0 radical (unpaired) electrons. The highest BCUT2D eigenvalue weighted by molar-refractivity contribution is 8.08. The van der Waals surface area contributed by atoms with Gasteiger partial charge in [-0.15, -0.1) is 0 Å². The van der Waals surface area contributed by atoms with E-state index in [1.807, 2.05) is 42.5 Å². The Morgan fingerprint density at radius 1 is 0.889 bits per heavy atom. The van der Waals surface area contributed by atoms with E-state index < -0.39 is 0 Å². The molecular formula is C22H17N3OS. The standard InChI is InChI=1S/C22H17N3OS/c1-26-15-12-10-14(11-13-15)20-21(27-19-9-5-4-8-18(19)23-20)22-24-16-6-2-3-7-17(16)25-22/h2-13,23H,1H3,(H,24,25). The number of imidazole rings is 1. The van der Waals surface area contributed by atoms with E-state index in [-0.39, 0.29) is 0 Å². The molecule has 0 saturated heterocycles. The van der Waals surface area contributed by atoms with E-state index in [1.165, 1.54) is 4.90 Å². The van der Waals surface area contributed by atoms with Crippen molar-refractivity contribution < 1.29 is 4.74 Å². The summed E-state index contributed by atoms with van der Waals surface area (Å²) in [6.07, 6.45) is 0. The number of benzene rings is 3. The van der Waals surface area contributed by atoms with Gasteiger partial charge in [-0.1, -0.05) is 36.0 Å². The maximum absolute atomic E-state index is 5.30. The summed E-state index contributed by atoms with van der Waals surface area (Å²) < 4.78 is 5.30. The second-order valence-corrected chi connectivity index (χ2v) is 7.31. The molecule has 0 amide bonds. The fraction of sp³-hybridized carbons (Fsp3) is 0.0455. The van der Waals surface area contributed by atoms with Crippen LogP contribution in [0.2, 0.25) is 0 Å². The molecule has 5 rings (SSSR count). The number of H-pyrrole nitrogens is 1. The smallest absolute Gasteiger partial charge is 0.147 e. The quantitative estimate of drug-likeness (QED) is 0.491. The van der Waals surface area contributed by atoms with E-state index in [9.17, 15) is 0 Å². The van der Waals surface area contributed by atoms with Crippen LogP contribution in [0, 0.1) is 0 Å². The van der Waals surface area contributed by atoms with Gasteiger partial charge in [0.15, 0.2) is 0 Å². The van der Waals surface area contributed by atoms with Crippen molar-refractivity contribution in [1.82, 2.24) is 9.97 Å². The lowest BCUT2D eigenvalue weighted by molar-refractivity contribution is 0.415. The summed E-state index contributed by atoms with van der Waals surface area (Å²) in [6, 6.07) is 24.5. The predicted molar refractivity (Wildman–Crippen MR) is 112 cm³/mol. The molecule has 132 valence electrons. The average Bonchev–Trinajstić information content (AvgIpc) is 3.17. The molecule has 1 aromatic heterocycles. The number of fused-ring (bicyclic) bond motifs is 2. The van der Waals surface area contributed by atoms with Crippen LogP contribution < -0.4 is 10.1 Å². The number of hydrogen-bond acceptors (Lipinski definition) is 4. The van der Waals surface area contributed by atoms with Crippen LogP contribution in [0.1, 0.15) is 11.4 Å². The molecule has 5 heteroatoms. The fourth-order valence-electron chi connectivity index (χ4n) is 3.20.